The number of benzene rings is 4. The minimum Gasteiger partial charge on any atom is -0.508 e. The number of aromatic hydroxyl groups is 2. The molecular formula is C70H83N3O8S4. The fraction of sp³-hybridized carbons (Fsp3) is 0.514. The van der Waals surface area contributed by atoms with Crippen LogP contribution in [0.25, 0.3) is 0 Å². The zero-order valence-corrected chi connectivity index (χ0v) is 51.9. The smallest absolute Gasteiger partial charge is 0.165 e. The van der Waals surface area contributed by atoms with Crippen LogP contribution in [0.1, 0.15) is 174 Å². The second kappa shape index (κ2) is 26.2. The topological polar surface area (TPSA) is 212 Å². The van der Waals surface area contributed by atoms with Gasteiger partial charge in [-0.25, -0.2) is 0 Å². The van der Waals surface area contributed by atoms with Crippen molar-refractivity contribution in [2.45, 2.75) is 151 Å². The Morgan fingerprint density at radius 1 is 0.729 bits per heavy atom. The molecule has 11 nitrogen and oxygen atoms in total. The van der Waals surface area contributed by atoms with Crippen LogP contribution in [0.3, 0.4) is 0 Å². The van der Waals surface area contributed by atoms with E-state index >= 15 is 0 Å². The Hall–Kier alpha value is -4.60. The lowest BCUT2D eigenvalue weighted by molar-refractivity contribution is -0.114. The summed E-state index contributed by atoms with van der Waals surface area (Å²) in [5.74, 6) is 10.2. The molecule has 450 valence electrons. The van der Waals surface area contributed by atoms with Gasteiger partial charge in [0.15, 0.2) is 23.1 Å². The van der Waals surface area contributed by atoms with E-state index in [1.165, 1.54) is 11.1 Å². The van der Waals surface area contributed by atoms with Gasteiger partial charge >= 0.3 is 0 Å². The standard InChI is InChI=1S/C70H83N3O8S4/c71-67(72)57-32-46-8-5-13-62-54(22-27-73-62)65(78)34-58-55(46)33-48(57)38-82-83-39-50-36-68(26-21-51(75)17-14-43-16-19-64(77)66(30-43)81-28-23-44-15-18-63(76)59(58)29-44)25-20-47-35-69(79,49-9-2-3-10-49)24-6-12-53-56(47)31-45-7-1-4-11-52(45)60(37-74)61(53)40-84-85-42-70(50,80)41-68/h1,4,7,11,15-16,18-19,21-22,26-27,29-30,32-33,47,49-50,53,56,58,60-61,67,73-74,76-77,79-80H,2-3,6,9-10,12-14,17,20,23-25,28,31,34-42,71-72H2/b26-21+/t47-,50+,53+,56-,58-,60-,61-,68+,69+,70+/m1/s1. The lowest BCUT2D eigenvalue weighted by Gasteiger charge is -2.47. The van der Waals surface area contributed by atoms with E-state index in [1.54, 1.807) is 62.9 Å². The third kappa shape index (κ3) is 13.1. The second-order valence-electron chi connectivity index (χ2n) is 26.1. The number of hydrogen-bond donors (Lipinski definition) is 8. The minimum atomic E-state index is -1.07. The van der Waals surface area contributed by atoms with Crippen molar-refractivity contribution in [3.8, 4) is 29.1 Å². The molecule has 7 aliphatic rings. The number of allylic oxidation sites excluding steroid dienone is 2. The van der Waals surface area contributed by atoms with Crippen molar-refractivity contribution in [2.24, 2.45) is 52.4 Å². The van der Waals surface area contributed by atoms with Crippen LogP contribution in [0.4, 0.5) is 0 Å². The molecule has 1 spiro atoms. The Labute approximate surface area is 517 Å². The number of aromatic amines is 1. The van der Waals surface area contributed by atoms with E-state index in [1.807, 2.05) is 41.1 Å². The van der Waals surface area contributed by atoms with Crippen molar-refractivity contribution < 1.29 is 39.9 Å². The van der Waals surface area contributed by atoms with Crippen molar-refractivity contribution in [2.75, 3.05) is 30.5 Å². The van der Waals surface area contributed by atoms with Crippen molar-refractivity contribution in [3.05, 3.63) is 159 Å². The molecule has 10 N–H and O–H groups in total. The number of aliphatic hydroxyl groups excluding tert-OH is 1. The summed E-state index contributed by atoms with van der Waals surface area (Å²) in [7, 11) is 7.03. The van der Waals surface area contributed by atoms with Crippen LogP contribution in [0.2, 0.25) is 0 Å². The number of aryl methyl sites for hydroxylation is 1. The van der Waals surface area contributed by atoms with Gasteiger partial charge in [0.05, 0.1) is 37.0 Å². The van der Waals surface area contributed by atoms with Gasteiger partial charge in [-0.15, -0.1) is 0 Å². The van der Waals surface area contributed by atoms with Crippen LogP contribution in [-0.2, 0) is 36.2 Å². The van der Waals surface area contributed by atoms with E-state index in [2.05, 4.69) is 53.2 Å². The number of phenolic OH excluding ortho intramolecular Hbond substituents is 2. The molecule has 1 saturated heterocycles. The highest BCUT2D eigenvalue weighted by Crippen LogP contribution is 2.59. The van der Waals surface area contributed by atoms with Crippen LogP contribution < -0.4 is 16.2 Å². The second-order valence-corrected chi connectivity index (χ2v) is 31.1. The van der Waals surface area contributed by atoms with Crippen molar-refractivity contribution >= 4 is 54.7 Å². The number of aliphatic hydroxyl groups is 3. The summed E-state index contributed by atoms with van der Waals surface area (Å²) in [5, 5.41) is 60.9. The molecule has 13 bridgehead atoms. The Bertz CT molecular complexity index is 3350. The van der Waals surface area contributed by atoms with Gasteiger partial charge in [-0.3, -0.25) is 9.59 Å². The van der Waals surface area contributed by atoms with E-state index < -0.39 is 28.7 Å². The average Bonchev–Trinajstić information content (AvgIpc) is 4.49. The van der Waals surface area contributed by atoms with Crippen LogP contribution >= 0.6 is 43.2 Å². The van der Waals surface area contributed by atoms with Crippen molar-refractivity contribution in [1.82, 2.24) is 4.98 Å². The molecule has 5 aromatic rings. The quantitative estimate of drug-likeness (QED) is 0.0480. The van der Waals surface area contributed by atoms with Gasteiger partial charge in [0.1, 0.15) is 5.75 Å². The zero-order chi connectivity index (χ0) is 58.9. The molecule has 3 saturated carbocycles. The Morgan fingerprint density at radius 2 is 1.54 bits per heavy atom. The molecule has 3 heterocycles. The zero-order valence-electron chi connectivity index (χ0n) is 48.7. The number of nitrogens with two attached hydrogens (primary N) is 2. The predicted molar refractivity (Wildman–Crippen MR) is 345 cm³/mol. The summed E-state index contributed by atoms with van der Waals surface area (Å²) in [6, 6.07) is 25.4. The number of aromatic nitrogens is 1. The molecule has 0 unspecified atom stereocenters. The maximum Gasteiger partial charge on any atom is 0.165 e. The van der Waals surface area contributed by atoms with Crippen LogP contribution in [0.15, 0.2) is 97.2 Å². The Kier molecular flexibility index (Phi) is 18.7. The average molecular weight is 1220 g/mol. The third-order valence-corrected chi connectivity index (χ3v) is 26.0. The lowest BCUT2D eigenvalue weighted by Crippen LogP contribution is -2.45. The molecule has 85 heavy (non-hydrogen) atoms. The summed E-state index contributed by atoms with van der Waals surface area (Å²) in [6.07, 6.45) is 18.3. The monoisotopic (exact) mass is 1220 g/mol. The fourth-order valence-electron chi connectivity index (χ4n) is 16.5. The normalized spacial score (nSPS) is 31.0. The third-order valence-electron chi connectivity index (χ3n) is 21.0. The number of carbonyl (C=O) groups excluding carboxylic acids is 2. The Morgan fingerprint density at radius 3 is 2.38 bits per heavy atom. The molecule has 1 aromatic heterocycles. The number of ketones is 2. The highest BCUT2D eigenvalue weighted by atomic mass is 33.1. The maximum absolute atomic E-state index is 14.5. The van der Waals surface area contributed by atoms with E-state index in [9.17, 15) is 35.1 Å². The van der Waals surface area contributed by atoms with Gasteiger partial charge < -0.3 is 46.7 Å². The van der Waals surface area contributed by atoms with E-state index in [4.69, 9.17) is 16.2 Å². The first-order valence-electron chi connectivity index (χ1n) is 31.2. The van der Waals surface area contributed by atoms with Gasteiger partial charge in [0.25, 0.3) is 0 Å². The first kappa shape index (κ1) is 60.7. The molecule has 4 aromatic carbocycles. The number of carbonyl (C=O) groups is 2. The molecule has 0 radical (unpaired) electrons. The molecule has 0 amide bonds. The fourth-order valence-corrected chi connectivity index (χ4v) is 22.1. The Balaban J connectivity index is 0.922. The SMILES string of the molecule is NC(N)c1cc2c3cc1CSSC[C@@H]1C[C@@]4(/C=C/C(=O)CCc5ccc(O)c(c5)OCCc5ccc(O)c(c5)[C@@H]3CC(=O)c3cc[nH]c3CC#C2)CC[C@@H]2C[C@](O)(C3CCCC3)CCC[C@H]3[C@@H]2Cc2ccccc2[C@@H](CO)[C@@H]3CSSC[C@@]1(O)C4. The number of ether oxygens (including phenoxy) is 1. The molecular weight excluding hydrogens is 1140 g/mol. The van der Waals surface area contributed by atoms with Gasteiger partial charge in [-0.05, 0) is 187 Å². The van der Waals surface area contributed by atoms with Crippen LogP contribution in [0, 0.1) is 52.8 Å². The first-order chi connectivity index (χ1) is 41.2. The van der Waals surface area contributed by atoms with Crippen molar-refractivity contribution in [3.63, 3.8) is 0 Å². The maximum atomic E-state index is 14.5. The summed E-state index contributed by atoms with van der Waals surface area (Å²) >= 11 is 0. The summed E-state index contributed by atoms with van der Waals surface area (Å²) in [4.78, 5) is 32.1. The van der Waals surface area contributed by atoms with Gasteiger partial charge in [-0.1, -0.05) is 129 Å². The highest BCUT2D eigenvalue weighted by molar-refractivity contribution is 8.77. The summed E-state index contributed by atoms with van der Waals surface area (Å²) < 4.78 is 6.28. The number of fused-ring (bicyclic) bond motifs is 11. The summed E-state index contributed by atoms with van der Waals surface area (Å²) in [6.45, 7) is 0.298. The van der Waals surface area contributed by atoms with Crippen LogP contribution in [0.5, 0.6) is 17.2 Å². The molecule has 15 heteroatoms. The van der Waals surface area contributed by atoms with Crippen LogP contribution in [-0.4, -0.2) is 83.8 Å². The van der Waals surface area contributed by atoms with Gasteiger partial charge in [0, 0.05) is 82.7 Å². The van der Waals surface area contributed by atoms with Gasteiger partial charge in [-0.2, -0.15) is 0 Å². The van der Waals surface area contributed by atoms with Crippen molar-refractivity contribution in [1.29, 1.82) is 0 Å². The van der Waals surface area contributed by atoms with Gasteiger partial charge in [0.2, 0.25) is 0 Å². The lowest BCUT2D eigenvalue weighted by atomic mass is 9.61. The number of hydrogen-bond acceptors (Lipinski definition) is 14. The van der Waals surface area contributed by atoms with E-state index in [0.717, 1.165) is 110 Å². The molecule has 4 fully saturated rings. The largest absolute Gasteiger partial charge is 0.508 e. The predicted octanol–water partition coefficient (Wildman–Crippen LogP) is 12.8. The number of nitrogens with one attached hydrogen (secondary N) is 1. The number of H-pyrrole nitrogens is 1. The number of phenols is 2. The highest BCUT2D eigenvalue weighted by Gasteiger charge is 2.54. The van der Waals surface area contributed by atoms with E-state index in [-0.39, 0.29) is 78.7 Å². The summed E-state index contributed by atoms with van der Waals surface area (Å²) in [5.41, 5.74) is 20.3. The molecule has 2 aliphatic heterocycles. The molecule has 5 aliphatic carbocycles. The number of rotatable bonds is 3. The van der Waals surface area contributed by atoms with E-state index in [0.29, 0.717) is 83.6 Å². The molecule has 12 rings (SSSR count). The minimum absolute atomic E-state index is 0.000977. The first-order valence-corrected chi connectivity index (χ1v) is 36.1. The number of Topliss-reactive ketones (excluding diaryl/α,β-unsaturated/α-hetero) is 1. The molecule has 10 atom stereocenters.